The molecule has 0 aliphatic carbocycles. The first-order chi connectivity index (χ1) is 9.10. The highest BCUT2D eigenvalue weighted by Crippen LogP contribution is 2.28. The largest absolute Gasteiger partial charge is 0.366 e. The summed E-state index contributed by atoms with van der Waals surface area (Å²) in [4.78, 5) is 0. The molecule has 0 aromatic heterocycles. The molecule has 2 aromatic carbocycles. The van der Waals surface area contributed by atoms with E-state index in [-0.39, 0.29) is 0 Å². The molecule has 0 fully saturated rings. The first-order valence-electron chi connectivity index (χ1n) is 5.47. The summed E-state index contributed by atoms with van der Waals surface area (Å²) in [5.41, 5.74) is 1.55. The van der Waals surface area contributed by atoms with E-state index in [1.165, 1.54) is 0 Å². The standard InChI is InChI=1S/C14H9BrCl2N2/c15-9-1-4-11(5-2-9)19-14(8-18)12-6-3-10(16)7-13(12)17/h1-7,14,19H. The van der Waals surface area contributed by atoms with Crippen molar-refractivity contribution in [2.75, 3.05) is 5.32 Å². The molecule has 0 heterocycles. The molecular weight excluding hydrogens is 347 g/mol. The Morgan fingerprint density at radius 2 is 1.79 bits per heavy atom. The average molecular weight is 356 g/mol. The molecule has 0 saturated carbocycles. The molecule has 0 saturated heterocycles. The van der Waals surface area contributed by atoms with Crippen LogP contribution in [0.2, 0.25) is 10.0 Å². The number of nitrogens with zero attached hydrogens (tertiary/aromatic N) is 1. The van der Waals surface area contributed by atoms with Crippen LogP contribution in [0.1, 0.15) is 11.6 Å². The summed E-state index contributed by atoms with van der Waals surface area (Å²) in [6.45, 7) is 0. The molecule has 1 atom stereocenters. The van der Waals surface area contributed by atoms with Gasteiger partial charge in [-0.3, -0.25) is 0 Å². The van der Waals surface area contributed by atoms with E-state index in [0.717, 1.165) is 10.2 Å². The highest BCUT2D eigenvalue weighted by Gasteiger charge is 2.14. The van der Waals surface area contributed by atoms with Crippen LogP contribution in [0.25, 0.3) is 0 Å². The van der Waals surface area contributed by atoms with Crippen molar-refractivity contribution in [3.05, 3.63) is 62.5 Å². The van der Waals surface area contributed by atoms with E-state index >= 15 is 0 Å². The van der Waals surface area contributed by atoms with Gasteiger partial charge in [0.2, 0.25) is 0 Å². The lowest BCUT2D eigenvalue weighted by Crippen LogP contribution is -2.08. The Morgan fingerprint density at radius 3 is 2.37 bits per heavy atom. The van der Waals surface area contributed by atoms with Crippen LogP contribution < -0.4 is 5.32 Å². The summed E-state index contributed by atoms with van der Waals surface area (Å²) in [5, 5.41) is 13.4. The van der Waals surface area contributed by atoms with Crippen molar-refractivity contribution in [1.29, 1.82) is 5.26 Å². The Morgan fingerprint density at radius 1 is 1.11 bits per heavy atom. The Hall–Kier alpha value is -1.21. The van der Waals surface area contributed by atoms with E-state index in [1.54, 1.807) is 18.2 Å². The van der Waals surface area contributed by atoms with Crippen LogP contribution in [0.5, 0.6) is 0 Å². The smallest absolute Gasteiger partial charge is 0.141 e. The Bertz CT molecular complexity index is 620. The number of nitrogens with one attached hydrogen (secondary N) is 1. The van der Waals surface area contributed by atoms with Crippen LogP contribution in [0.4, 0.5) is 5.69 Å². The summed E-state index contributed by atoms with van der Waals surface area (Å²) in [6, 6.07) is 14.4. The number of anilines is 1. The third kappa shape index (κ3) is 3.63. The first kappa shape index (κ1) is 14.2. The van der Waals surface area contributed by atoms with E-state index in [1.807, 2.05) is 24.3 Å². The summed E-state index contributed by atoms with van der Waals surface area (Å²) >= 11 is 15.3. The minimum absolute atomic E-state index is 0.476. The SMILES string of the molecule is N#CC(Nc1ccc(Br)cc1)c1ccc(Cl)cc1Cl. The van der Waals surface area contributed by atoms with Crippen molar-refractivity contribution in [3.8, 4) is 6.07 Å². The third-order valence-corrected chi connectivity index (χ3v) is 3.65. The maximum atomic E-state index is 9.28. The minimum atomic E-state index is -0.522. The second kappa shape index (κ2) is 6.29. The first-order valence-corrected chi connectivity index (χ1v) is 7.01. The highest BCUT2D eigenvalue weighted by molar-refractivity contribution is 9.10. The van der Waals surface area contributed by atoms with Gasteiger partial charge in [-0.05, 0) is 36.4 Å². The number of halogens is 3. The molecule has 2 rings (SSSR count). The monoisotopic (exact) mass is 354 g/mol. The molecule has 96 valence electrons. The number of nitriles is 1. The van der Waals surface area contributed by atoms with E-state index in [0.29, 0.717) is 15.6 Å². The van der Waals surface area contributed by atoms with Gasteiger partial charge in [0.15, 0.2) is 0 Å². The summed E-state index contributed by atoms with van der Waals surface area (Å²) in [6.07, 6.45) is 0. The van der Waals surface area contributed by atoms with E-state index in [9.17, 15) is 5.26 Å². The van der Waals surface area contributed by atoms with Gasteiger partial charge in [0.05, 0.1) is 6.07 Å². The fourth-order valence-corrected chi connectivity index (χ4v) is 2.41. The van der Waals surface area contributed by atoms with Gasteiger partial charge in [0.25, 0.3) is 0 Å². The lowest BCUT2D eigenvalue weighted by molar-refractivity contribution is 0.998. The van der Waals surface area contributed by atoms with Gasteiger partial charge in [-0.15, -0.1) is 0 Å². The Kier molecular flexibility index (Phi) is 4.71. The second-order valence-corrected chi connectivity index (χ2v) is 5.64. The van der Waals surface area contributed by atoms with Crippen molar-refractivity contribution in [3.63, 3.8) is 0 Å². The van der Waals surface area contributed by atoms with Gasteiger partial charge in [-0.25, -0.2) is 0 Å². The van der Waals surface area contributed by atoms with Gasteiger partial charge in [0, 0.05) is 25.8 Å². The van der Waals surface area contributed by atoms with Gasteiger partial charge < -0.3 is 5.32 Å². The molecule has 0 amide bonds. The molecule has 2 aromatic rings. The van der Waals surface area contributed by atoms with Crippen molar-refractivity contribution in [1.82, 2.24) is 0 Å². The Balaban J connectivity index is 2.25. The van der Waals surface area contributed by atoms with Crippen LogP contribution in [0.15, 0.2) is 46.9 Å². The third-order valence-electron chi connectivity index (χ3n) is 2.56. The molecular formula is C14H9BrCl2N2. The highest BCUT2D eigenvalue weighted by atomic mass is 79.9. The van der Waals surface area contributed by atoms with Crippen LogP contribution in [-0.4, -0.2) is 0 Å². The molecule has 2 nitrogen and oxygen atoms in total. The van der Waals surface area contributed by atoms with Gasteiger partial charge in [0.1, 0.15) is 6.04 Å². The topological polar surface area (TPSA) is 35.8 Å². The summed E-state index contributed by atoms with van der Waals surface area (Å²) in [7, 11) is 0. The van der Waals surface area contributed by atoms with Crippen molar-refractivity contribution < 1.29 is 0 Å². The number of hydrogen-bond acceptors (Lipinski definition) is 2. The van der Waals surface area contributed by atoms with Gasteiger partial charge in [-0.2, -0.15) is 5.26 Å². The maximum Gasteiger partial charge on any atom is 0.141 e. The van der Waals surface area contributed by atoms with Crippen LogP contribution in [0.3, 0.4) is 0 Å². The molecule has 1 unspecified atom stereocenters. The molecule has 19 heavy (non-hydrogen) atoms. The van der Waals surface area contributed by atoms with Crippen molar-refractivity contribution in [2.45, 2.75) is 6.04 Å². The zero-order chi connectivity index (χ0) is 13.8. The molecule has 0 radical (unpaired) electrons. The van der Waals surface area contributed by atoms with E-state index in [4.69, 9.17) is 23.2 Å². The molecule has 0 aliphatic rings. The number of rotatable bonds is 3. The van der Waals surface area contributed by atoms with Crippen molar-refractivity contribution in [2.24, 2.45) is 0 Å². The zero-order valence-corrected chi connectivity index (χ0v) is 12.8. The lowest BCUT2D eigenvalue weighted by Gasteiger charge is -2.15. The van der Waals surface area contributed by atoms with E-state index in [2.05, 4.69) is 27.3 Å². The fraction of sp³-hybridized carbons (Fsp3) is 0.0714. The lowest BCUT2D eigenvalue weighted by atomic mass is 10.1. The second-order valence-electron chi connectivity index (χ2n) is 3.88. The number of hydrogen-bond donors (Lipinski definition) is 1. The molecule has 5 heteroatoms. The molecule has 0 spiro atoms. The average Bonchev–Trinajstić information content (AvgIpc) is 2.39. The quantitative estimate of drug-likeness (QED) is 0.796. The predicted molar refractivity (Wildman–Crippen MR) is 82.6 cm³/mol. The van der Waals surface area contributed by atoms with Gasteiger partial charge in [-0.1, -0.05) is 45.2 Å². The molecule has 0 bridgehead atoms. The normalized spacial score (nSPS) is 11.7. The fourth-order valence-electron chi connectivity index (χ4n) is 1.63. The van der Waals surface area contributed by atoms with Crippen LogP contribution in [0, 0.1) is 11.3 Å². The summed E-state index contributed by atoms with van der Waals surface area (Å²) in [5.74, 6) is 0. The van der Waals surface area contributed by atoms with Gasteiger partial charge >= 0.3 is 0 Å². The van der Waals surface area contributed by atoms with E-state index < -0.39 is 6.04 Å². The molecule has 1 N–H and O–H groups in total. The molecule has 0 aliphatic heterocycles. The van der Waals surface area contributed by atoms with Crippen LogP contribution >= 0.6 is 39.1 Å². The Labute approximate surface area is 130 Å². The summed E-state index contributed by atoms with van der Waals surface area (Å²) < 4.78 is 0.982. The zero-order valence-electron chi connectivity index (χ0n) is 9.70. The van der Waals surface area contributed by atoms with Crippen LogP contribution in [-0.2, 0) is 0 Å². The predicted octanol–water partition coefficient (Wildman–Crippen LogP) is 5.43. The number of benzene rings is 2. The van der Waals surface area contributed by atoms with Crippen molar-refractivity contribution >= 4 is 44.8 Å². The maximum absolute atomic E-state index is 9.28. The minimum Gasteiger partial charge on any atom is -0.366 e.